The molecule has 150 valence electrons. The maximum atomic E-state index is 12.2. The Hall–Kier alpha value is -3.19. The summed E-state index contributed by atoms with van der Waals surface area (Å²) in [4.78, 5) is 15.6. The third-order valence-electron chi connectivity index (χ3n) is 4.60. The fourth-order valence-electron chi connectivity index (χ4n) is 3.21. The highest BCUT2D eigenvalue weighted by Crippen LogP contribution is 2.24. The van der Waals surface area contributed by atoms with Gasteiger partial charge in [0.15, 0.2) is 6.10 Å². The van der Waals surface area contributed by atoms with Gasteiger partial charge in [-0.1, -0.05) is 42.5 Å². The number of benzene rings is 2. The van der Waals surface area contributed by atoms with Crippen molar-refractivity contribution in [1.82, 2.24) is 9.55 Å². The molecule has 0 spiro atoms. The molecule has 0 saturated heterocycles. The van der Waals surface area contributed by atoms with Gasteiger partial charge in [-0.2, -0.15) is 4.98 Å². The number of fused-ring (bicyclic) bond motifs is 1. The summed E-state index contributed by atoms with van der Waals surface area (Å²) in [7, 11) is 0. The lowest BCUT2D eigenvalue weighted by molar-refractivity contribution is 0.101. The Kier molecular flexibility index (Phi) is 5.86. The van der Waals surface area contributed by atoms with E-state index in [0.29, 0.717) is 18.8 Å². The topological polar surface area (TPSA) is 62.6 Å². The van der Waals surface area contributed by atoms with Crippen molar-refractivity contribution < 1.29 is 18.6 Å². The minimum atomic E-state index is -0.571. The maximum absolute atomic E-state index is 12.2. The highest BCUT2D eigenvalue weighted by atomic mass is 19.1. The van der Waals surface area contributed by atoms with Crippen LogP contribution in [0.4, 0.5) is 4.39 Å². The molecule has 0 fully saturated rings. The lowest BCUT2D eigenvalue weighted by atomic mass is 10.1. The molecule has 0 N–H and O–H groups in total. The normalized spacial score (nSPS) is 15.0. The van der Waals surface area contributed by atoms with Crippen molar-refractivity contribution in [3.8, 4) is 22.9 Å². The van der Waals surface area contributed by atoms with E-state index in [1.54, 1.807) is 4.57 Å². The Morgan fingerprint density at radius 3 is 2.62 bits per heavy atom. The number of hydrogen-bond donors (Lipinski definition) is 0. The third kappa shape index (κ3) is 4.63. The molecule has 1 aliphatic heterocycles. The van der Waals surface area contributed by atoms with Crippen molar-refractivity contribution in [2.75, 3.05) is 19.9 Å². The van der Waals surface area contributed by atoms with Crippen LogP contribution in [0.25, 0.3) is 11.1 Å². The first-order valence-corrected chi connectivity index (χ1v) is 9.42. The fourth-order valence-corrected chi connectivity index (χ4v) is 3.21. The van der Waals surface area contributed by atoms with E-state index in [-0.39, 0.29) is 25.3 Å². The van der Waals surface area contributed by atoms with Gasteiger partial charge in [0.25, 0.3) is 5.56 Å². The van der Waals surface area contributed by atoms with Crippen LogP contribution in [0.2, 0.25) is 0 Å². The van der Waals surface area contributed by atoms with Crippen LogP contribution in [0, 0.1) is 0 Å². The van der Waals surface area contributed by atoms with Crippen molar-refractivity contribution in [3.63, 3.8) is 0 Å². The lowest BCUT2D eigenvalue weighted by Gasteiger charge is -2.12. The predicted molar refractivity (Wildman–Crippen MR) is 106 cm³/mol. The van der Waals surface area contributed by atoms with E-state index in [2.05, 4.69) is 17.1 Å². The zero-order chi connectivity index (χ0) is 20.1. The summed E-state index contributed by atoms with van der Waals surface area (Å²) in [6, 6.07) is 19.6. The highest BCUT2D eigenvalue weighted by molar-refractivity contribution is 5.63. The number of ether oxygens (including phenoxy) is 3. The number of hydrogen-bond acceptors (Lipinski definition) is 5. The van der Waals surface area contributed by atoms with Gasteiger partial charge in [-0.15, -0.1) is 0 Å². The summed E-state index contributed by atoms with van der Waals surface area (Å²) < 4.78 is 30.8. The quantitative estimate of drug-likeness (QED) is 0.547. The highest BCUT2D eigenvalue weighted by Gasteiger charge is 2.26. The lowest BCUT2D eigenvalue weighted by Crippen LogP contribution is -2.23. The molecule has 1 atom stereocenters. The minimum Gasteiger partial charge on any atom is -0.490 e. The van der Waals surface area contributed by atoms with Gasteiger partial charge < -0.3 is 14.2 Å². The van der Waals surface area contributed by atoms with Crippen LogP contribution in [0.5, 0.6) is 11.8 Å². The Morgan fingerprint density at radius 1 is 1.10 bits per heavy atom. The minimum absolute atomic E-state index is 0.0157. The van der Waals surface area contributed by atoms with Gasteiger partial charge in [-0.3, -0.25) is 9.36 Å². The smallest absolute Gasteiger partial charge is 0.300 e. The van der Waals surface area contributed by atoms with Gasteiger partial charge in [0.1, 0.15) is 19.0 Å². The van der Waals surface area contributed by atoms with E-state index in [0.717, 1.165) is 16.9 Å². The van der Waals surface area contributed by atoms with E-state index in [1.165, 1.54) is 6.07 Å². The SMILES string of the molecule is O=c1cc(COCCF)n2c(n1)OC(COc1ccc(-c3ccccc3)cc1)C2. The molecule has 2 aromatic carbocycles. The second-order valence-electron chi connectivity index (χ2n) is 6.66. The number of alkyl halides is 1. The molecule has 7 heteroatoms. The van der Waals surface area contributed by atoms with Crippen LogP contribution in [-0.4, -0.2) is 35.5 Å². The average molecular weight is 396 g/mol. The van der Waals surface area contributed by atoms with E-state index in [9.17, 15) is 9.18 Å². The zero-order valence-electron chi connectivity index (χ0n) is 15.8. The van der Waals surface area contributed by atoms with E-state index < -0.39 is 12.2 Å². The first-order chi connectivity index (χ1) is 14.2. The van der Waals surface area contributed by atoms with Gasteiger partial charge in [0, 0.05) is 6.07 Å². The van der Waals surface area contributed by atoms with Crippen molar-refractivity contribution in [1.29, 1.82) is 0 Å². The van der Waals surface area contributed by atoms with Crippen molar-refractivity contribution in [2.24, 2.45) is 0 Å². The largest absolute Gasteiger partial charge is 0.490 e. The summed E-state index contributed by atoms with van der Waals surface area (Å²) >= 11 is 0. The van der Waals surface area contributed by atoms with Gasteiger partial charge in [-0.05, 0) is 23.3 Å². The molecule has 0 bridgehead atoms. The summed E-state index contributed by atoms with van der Waals surface area (Å²) in [5.41, 5.74) is 2.46. The Bertz CT molecular complexity index is 1010. The van der Waals surface area contributed by atoms with E-state index in [1.807, 2.05) is 42.5 Å². The van der Waals surface area contributed by atoms with Crippen LogP contribution in [0.15, 0.2) is 65.5 Å². The van der Waals surface area contributed by atoms with Crippen LogP contribution < -0.4 is 15.0 Å². The number of halogens is 1. The monoisotopic (exact) mass is 396 g/mol. The van der Waals surface area contributed by atoms with Crippen molar-refractivity contribution in [3.05, 3.63) is 76.7 Å². The molecule has 4 rings (SSSR count). The fraction of sp³-hybridized carbons (Fsp3) is 0.273. The third-order valence-corrected chi connectivity index (χ3v) is 4.60. The Labute approximate surface area is 167 Å². The molecule has 0 aliphatic carbocycles. The molecule has 29 heavy (non-hydrogen) atoms. The maximum Gasteiger partial charge on any atom is 0.300 e. The first-order valence-electron chi connectivity index (χ1n) is 9.42. The summed E-state index contributed by atoms with van der Waals surface area (Å²) in [5.74, 6) is 0.734. The molecule has 0 radical (unpaired) electrons. The average Bonchev–Trinajstić information content (AvgIpc) is 3.16. The van der Waals surface area contributed by atoms with Gasteiger partial charge in [-0.25, -0.2) is 4.39 Å². The first kappa shape index (κ1) is 19.1. The van der Waals surface area contributed by atoms with Gasteiger partial charge in [0.2, 0.25) is 0 Å². The van der Waals surface area contributed by atoms with E-state index >= 15 is 0 Å². The van der Waals surface area contributed by atoms with Crippen LogP contribution >= 0.6 is 0 Å². The summed E-state index contributed by atoms with van der Waals surface area (Å²) in [6.45, 7) is 0.342. The van der Waals surface area contributed by atoms with Gasteiger partial charge in [0.05, 0.1) is 25.5 Å². The molecule has 3 aromatic rings. The van der Waals surface area contributed by atoms with Crippen LogP contribution in [-0.2, 0) is 17.9 Å². The molecule has 1 unspecified atom stereocenters. The Balaban J connectivity index is 1.37. The standard InChI is InChI=1S/C22H21FN2O4/c23-10-11-27-14-18-12-21(26)24-22-25(18)13-20(29-22)15-28-19-8-6-17(7-9-19)16-4-2-1-3-5-16/h1-9,12,20H,10-11,13-15H2. The molecule has 1 aromatic heterocycles. The molecule has 1 aliphatic rings. The van der Waals surface area contributed by atoms with E-state index in [4.69, 9.17) is 14.2 Å². The molecular weight excluding hydrogens is 375 g/mol. The molecule has 6 nitrogen and oxygen atoms in total. The second kappa shape index (κ2) is 8.87. The van der Waals surface area contributed by atoms with Crippen molar-refractivity contribution in [2.45, 2.75) is 19.3 Å². The number of nitrogens with zero attached hydrogens (tertiary/aromatic N) is 2. The van der Waals surface area contributed by atoms with Crippen molar-refractivity contribution >= 4 is 0 Å². The Morgan fingerprint density at radius 2 is 1.86 bits per heavy atom. The predicted octanol–water partition coefficient (Wildman–Crippen LogP) is 3.24. The number of rotatable bonds is 8. The van der Waals surface area contributed by atoms with Crippen LogP contribution in [0.1, 0.15) is 5.69 Å². The molecule has 0 saturated carbocycles. The summed E-state index contributed by atoms with van der Waals surface area (Å²) in [5, 5.41) is 0. The second-order valence-corrected chi connectivity index (χ2v) is 6.66. The van der Waals surface area contributed by atoms with Crippen LogP contribution in [0.3, 0.4) is 0 Å². The van der Waals surface area contributed by atoms with Gasteiger partial charge >= 0.3 is 6.01 Å². The number of aromatic nitrogens is 2. The molecule has 2 heterocycles. The molecule has 0 amide bonds. The summed E-state index contributed by atoms with van der Waals surface area (Å²) in [6.07, 6.45) is -0.280. The molecular formula is C22H21FN2O4. The zero-order valence-corrected chi connectivity index (χ0v) is 15.8.